The number of allylic oxidation sites excluding steroid dienone is 1. The summed E-state index contributed by atoms with van der Waals surface area (Å²) >= 11 is 0. The van der Waals surface area contributed by atoms with E-state index in [1.54, 1.807) is 6.20 Å². The third-order valence-electron chi connectivity index (χ3n) is 2.51. The Hall–Kier alpha value is -2.04. The van der Waals surface area contributed by atoms with Crippen LogP contribution in [0.2, 0.25) is 0 Å². The second-order valence-corrected chi connectivity index (χ2v) is 3.85. The first-order valence-corrected chi connectivity index (χ1v) is 5.01. The standard InChI is InChI=1S/C11H14N4O/c1-7(2)8(3)13-9-6-15-5-4-12-11(15)14-10(9)16/h4-5,9,13H,1,3,6H2,2H3,(H,12,14,16). The van der Waals surface area contributed by atoms with Crippen LogP contribution >= 0.6 is 0 Å². The van der Waals surface area contributed by atoms with Crippen LogP contribution in [0.4, 0.5) is 5.95 Å². The third kappa shape index (κ3) is 1.84. The second kappa shape index (κ2) is 3.84. The summed E-state index contributed by atoms with van der Waals surface area (Å²) in [6, 6.07) is -0.328. The summed E-state index contributed by atoms with van der Waals surface area (Å²) in [4.78, 5) is 15.7. The molecule has 1 atom stereocenters. The van der Waals surface area contributed by atoms with E-state index >= 15 is 0 Å². The van der Waals surface area contributed by atoms with Gasteiger partial charge >= 0.3 is 0 Å². The van der Waals surface area contributed by atoms with Gasteiger partial charge in [0, 0.05) is 18.1 Å². The maximum Gasteiger partial charge on any atom is 0.251 e. The zero-order valence-corrected chi connectivity index (χ0v) is 9.16. The van der Waals surface area contributed by atoms with Crippen LogP contribution in [0.5, 0.6) is 0 Å². The van der Waals surface area contributed by atoms with Crippen LogP contribution in [0.1, 0.15) is 6.92 Å². The molecule has 16 heavy (non-hydrogen) atoms. The Balaban J connectivity index is 2.11. The van der Waals surface area contributed by atoms with Crippen molar-refractivity contribution in [3.05, 3.63) is 36.8 Å². The van der Waals surface area contributed by atoms with E-state index in [0.717, 1.165) is 5.57 Å². The van der Waals surface area contributed by atoms with Crippen LogP contribution in [0, 0.1) is 0 Å². The Kier molecular flexibility index (Phi) is 2.52. The maximum absolute atomic E-state index is 11.7. The zero-order chi connectivity index (χ0) is 11.7. The first-order chi connectivity index (χ1) is 7.58. The smallest absolute Gasteiger partial charge is 0.251 e. The van der Waals surface area contributed by atoms with E-state index in [9.17, 15) is 4.79 Å². The van der Waals surface area contributed by atoms with Crippen molar-refractivity contribution in [2.24, 2.45) is 0 Å². The van der Waals surface area contributed by atoms with Gasteiger partial charge in [0.25, 0.3) is 5.91 Å². The summed E-state index contributed by atoms with van der Waals surface area (Å²) in [5.41, 5.74) is 1.51. The van der Waals surface area contributed by atoms with Crippen molar-refractivity contribution >= 4 is 11.9 Å². The molecular formula is C11H14N4O. The number of nitrogens with zero attached hydrogens (tertiary/aromatic N) is 2. The zero-order valence-electron chi connectivity index (χ0n) is 9.16. The number of carbonyl (C=O) groups is 1. The van der Waals surface area contributed by atoms with Gasteiger partial charge in [-0.15, -0.1) is 0 Å². The van der Waals surface area contributed by atoms with E-state index in [1.165, 1.54) is 0 Å². The molecule has 1 aliphatic rings. The average Bonchev–Trinajstić information content (AvgIpc) is 2.65. The van der Waals surface area contributed by atoms with Crippen molar-refractivity contribution in [1.82, 2.24) is 14.9 Å². The maximum atomic E-state index is 11.7. The molecule has 1 aromatic rings. The van der Waals surface area contributed by atoms with Gasteiger partial charge in [0.05, 0.1) is 6.54 Å². The highest BCUT2D eigenvalue weighted by Gasteiger charge is 2.26. The molecule has 84 valence electrons. The Bertz CT molecular complexity index is 460. The van der Waals surface area contributed by atoms with Crippen molar-refractivity contribution < 1.29 is 4.79 Å². The van der Waals surface area contributed by atoms with Crippen LogP contribution in [-0.4, -0.2) is 21.5 Å². The summed E-state index contributed by atoms with van der Waals surface area (Å²) in [7, 11) is 0. The normalized spacial score (nSPS) is 18.6. The second-order valence-electron chi connectivity index (χ2n) is 3.85. The number of hydrogen-bond acceptors (Lipinski definition) is 3. The molecule has 0 aliphatic carbocycles. The quantitative estimate of drug-likeness (QED) is 0.740. The molecule has 5 nitrogen and oxygen atoms in total. The number of anilines is 1. The van der Waals surface area contributed by atoms with Gasteiger partial charge in [-0.25, -0.2) is 4.98 Å². The lowest BCUT2D eigenvalue weighted by Gasteiger charge is -2.25. The lowest BCUT2D eigenvalue weighted by atomic mass is 10.2. The molecule has 0 saturated heterocycles. The van der Waals surface area contributed by atoms with Crippen molar-refractivity contribution in [2.75, 3.05) is 5.32 Å². The number of rotatable bonds is 3. The Morgan fingerprint density at radius 1 is 1.69 bits per heavy atom. The topological polar surface area (TPSA) is 59.0 Å². The van der Waals surface area contributed by atoms with Gasteiger partial charge in [-0.05, 0) is 12.5 Å². The van der Waals surface area contributed by atoms with Crippen LogP contribution < -0.4 is 10.6 Å². The highest BCUT2D eigenvalue weighted by Crippen LogP contribution is 2.13. The predicted molar refractivity (Wildman–Crippen MR) is 61.7 cm³/mol. The summed E-state index contributed by atoms with van der Waals surface area (Å²) < 4.78 is 1.88. The molecule has 2 N–H and O–H groups in total. The molecule has 1 amide bonds. The first-order valence-electron chi connectivity index (χ1n) is 5.01. The molecule has 0 saturated carbocycles. The number of carbonyl (C=O) groups excluding carboxylic acids is 1. The van der Waals surface area contributed by atoms with Gasteiger partial charge in [-0.1, -0.05) is 13.2 Å². The fraction of sp³-hybridized carbons (Fsp3) is 0.273. The first kappa shape index (κ1) is 10.5. The highest BCUT2D eigenvalue weighted by atomic mass is 16.2. The minimum absolute atomic E-state index is 0.0962. The lowest BCUT2D eigenvalue weighted by molar-refractivity contribution is -0.118. The van der Waals surface area contributed by atoms with Gasteiger partial charge in [-0.2, -0.15) is 0 Å². The molecule has 2 heterocycles. The summed E-state index contributed by atoms with van der Waals surface area (Å²) in [5.74, 6) is 0.491. The number of nitrogens with one attached hydrogen (secondary N) is 2. The van der Waals surface area contributed by atoms with E-state index in [-0.39, 0.29) is 11.9 Å². The fourth-order valence-corrected chi connectivity index (χ4v) is 1.50. The van der Waals surface area contributed by atoms with E-state index in [4.69, 9.17) is 0 Å². The van der Waals surface area contributed by atoms with Crippen molar-refractivity contribution in [1.29, 1.82) is 0 Å². The highest BCUT2D eigenvalue weighted by molar-refractivity contribution is 5.94. The SMILES string of the molecule is C=C(C)C(=C)NC1Cn2ccnc2NC1=O. The average molecular weight is 218 g/mol. The van der Waals surface area contributed by atoms with Gasteiger partial charge in [0.1, 0.15) is 6.04 Å². The van der Waals surface area contributed by atoms with Crippen LogP contribution in [0.25, 0.3) is 0 Å². The number of amides is 1. The number of fused-ring (bicyclic) bond motifs is 1. The number of imidazole rings is 1. The molecule has 0 aromatic carbocycles. The summed E-state index contributed by atoms with van der Waals surface area (Å²) in [6.45, 7) is 9.97. The van der Waals surface area contributed by atoms with Crippen LogP contribution in [0.15, 0.2) is 36.8 Å². The van der Waals surface area contributed by atoms with E-state index in [0.29, 0.717) is 18.2 Å². The molecule has 2 rings (SSSR count). The molecule has 0 bridgehead atoms. The molecule has 0 spiro atoms. The summed E-state index contributed by atoms with van der Waals surface area (Å²) in [5, 5.41) is 5.76. The van der Waals surface area contributed by atoms with Gasteiger partial charge < -0.3 is 9.88 Å². The van der Waals surface area contributed by atoms with Gasteiger partial charge in [-0.3, -0.25) is 10.1 Å². The minimum atomic E-state index is -0.328. The van der Waals surface area contributed by atoms with Gasteiger partial charge in [0.15, 0.2) is 0 Å². The minimum Gasteiger partial charge on any atom is -0.373 e. The van der Waals surface area contributed by atoms with Gasteiger partial charge in [0.2, 0.25) is 5.95 Å². The Morgan fingerprint density at radius 3 is 3.12 bits per heavy atom. The molecule has 0 fully saturated rings. The monoisotopic (exact) mass is 218 g/mol. The molecule has 5 heteroatoms. The largest absolute Gasteiger partial charge is 0.373 e. The van der Waals surface area contributed by atoms with Crippen LogP contribution in [0.3, 0.4) is 0 Å². The molecule has 1 aromatic heterocycles. The predicted octanol–water partition coefficient (Wildman–Crippen LogP) is 0.883. The Labute approximate surface area is 93.9 Å². The molecule has 0 radical (unpaired) electrons. The van der Waals surface area contributed by atoms with Crippen molar-refractivity contribution in [3.8, 4) is 0 Å². The third-order valence-corrected chi connectivity index (χ3v) is 2.51. The van der Waals surface area contributed by atoms with E-state index in [1.807, 2.05) is 17.7 Å². The van der Waals surface area contributed by atoms with E-state index < -0.39 is 0 Å². The Morgan fingerprint density at radius 2 is 2.44 bits per heavy atom. The molecule has 1 aliphatic heterocycles. The fourth-order valence-electron chi connectivity index (χ4n) is 1.50. The molecule has 1 unspecified atom stereocenters. The van der Waals surface area contributed by atoms with E-state index in [2.05, 4.69) is 28.8 Å². The van der Waals surface area contributed by atoms with Crippen molar-refractivity contribution in [2.45, 2.75) is 19.5 Å². The van der Waals surface area contributed by atoms with Crippen LogP contribution in [-0.2, 0) is 11.3 Å². The summed E-state index contributed by atoms with van der Waals surface area (Å²) in [6.07, 6.45) is 3.48. The molecular weight excluding hydrogens is 204 g/mol. The van der Waals surface area contributed by atoms with Crippen molar-refractivity contribution in [3.63, 3.8) is 0 Å². The number of aromatic nitrogens is 2. The lowest BCUT2D eigenvalue weighted by Crippen LogP contribution is -2.46. The number of hydrogen-bond donors (Lipinski definition) is 2.